The first-order valence-electron chi connectivity index (χ1n) is 11.1. The lowest BCUT2D eigenvalue weighted by Gasteiger charge is -2.08. The van der Waals surface area contributed by atoms with Crippen molar-refractivity contribution in [1.29, 1.82) is 0 Å². The zero-order chi connectivity index (χ0) is 18.9. The van der Waals surface area contributed by atoms with Crippen LogP contribution in [0.4, 0.5) is 0 Å². The van der Waals surface area contributed by atoms with E-state index >= 15 is 0 Å². The van der Waals surface area contributed by atoms with Gasteiger partial charge in [-0.3, -0.25) is 0 Å². The van der Waals surface area contributed by atoms with Crippen molar-refractivity contribution in [3.8, 4) is 11.5 Å². The van der Waals surface area contributed by atoms with Crippen molar-refractivity contribution in [2.75, 3.05) is 7.11 Å². The van der Waals surface area contributed by atoms with Gasteiger partial charge in [0.15, 0.2) is 11.5 Å². The van der Waals surface area contributed by atoms with E-state index in [4.69, 9.17) is 4.74 Å². The molecule has 2 heteroatoms. The van der Waals surface area contributed by atoms with Gasteiger partial charge in [0, 0.05) is 0 Å². The summed E-state index contributed by atoms with van der Waals surface area (Å²) < 4.78 is 5.16. The third kappa shape index (κ3) is 10.7. The smallest absolute Gasteiger partial charge is 0.160 e. The van der Waals surface area contributed by atoms with E-state index in [9.17, 15) is 5.11 Å². The van der Waals surface area contributed by atoms with Gasteiger partial charge in [-0.05, 0) is 24.5 Å². The highest BCUT2D eigenvalue weighted by atomic mass is 16.5. The lowest BCUT2D eigenvalue weighted by molar-refractivity contribution is 0.370. The van der Waals surface area contributed by atoms with E-state index in [1.165, 1.54) is 89.9 Å². The minimum Gasteiger partial charge on any atom is -0.504 e. The molecule has 150 valence electrons. The van der Waals surface area contributed by atoms with Gasteiger partial charge in [-0.25, -0.2) is 0 Å². The maximum atomic E-state index is 10.1. The van der Waals surface area contributed by atoms with Crippen molar-refractivity contribution < 1.29 is 9.84 Å². The molecule has 1 aromatic carbocycles. The van der Waals surface area contributed by atoms with E-state index in [1.807, 2.05) is 18.2 Å². The molecule has 1 rings (SSSR count). The summed E-state index contributed by atoms with van der Waals surface area (Å²) in [7, 11) is 1.60. The number of phenols is 1. The molecule has 0 atom stereocenters. The van der Waals surface area contributed by atoms with Crippen LogP contribution in [0.3, 0.4) is 0 Å². The molecular weight excluding hydrogens is 320 g/mol. The standard InChI is InChI=1S/C24H42O2/c1-3-4-5-6-7-8-9-10-11-12-13-14-15-16-17-19-22-20-18-21-23(26-2)24(22)25/h18,20-21,25H,3-17,19H2,1-2H3. The third-order valence-corrected chi connectivity index (χ3v) is 5.35. The van der Waals surface area contributed by atoms with Crippen molar-refractivity contribution >= 4 is 0 Å². The number of benzene rings is 1. The van der Waals surface area contributed by atoms with E-state index in [2.05, 4.69) is 6.92 Å². The van der Waals surface area contributed by atoms with E-state index in [-0.39, 0.29) is 0 Å². The highest BCUT2D eigenvalue weighted by Gasteiger charge is 2.06. The topological polar surface area (TPSA) is 29.5 Å². The maximum absolute atomic E-state index is 10.1. The van der Waals surface area contributed by atoms with E-state index in [1.54, 1.807) is 7.11 Å². The fourth-order valence-electron chi connectivity index (χ4n) is 3.62. The third-order valence-electron chi connectivity index (χ3n) is 5.35. The van der Waals surface area contributed by atoms with Gasteiger partial charge in [0.2, 0.25) is 0 Å². The van der Waals surface area contributed by atoms with Crippen LogP contribution in [0.5, 0.6) is 11.5 Å². The second-order valence-corrected chi connectivity index (χ2v) is 7.67. The molecule has 1 N–H and O–H groups in total. The lowest BCUT2D eigenvalue weighted by Crippen LogP contribution is -1.90. The molecule has 0 heterocycles. The molecule has 0 saturated carbocycles. The van der Waals surface area contributed by atoms with Crippen molar-refractivity contribution in [2.24, 2.45) is 0 Å². The zero-order valence-electron chi connectivity index (χ0n) is 17.4. The molecule has 0 spiro atoms. The molecule has 0 aromatic heterocycles. The molecule has 0 aliphatic carbocycles. The molecule has 0 bridgehead atoms. The van der Waals surface area contributed by atoms with Crippen LogP contribution in [0.15, 0.2) is 18.2 Å². The van der Waals surface area contributed by atoms with E-state index < -0.39 is 0 Å². The number of aryl methyl sites for hydroxylation is 1. The highest BCUT2D eigenvalue weighted by molar-refractivity contribution is 5.45. The molecular formula is C24H42O2. The fraction of sp³-hybridized carbons (Fsp3) is 0.750. The van der Waals surface area contributed by atoms with Gasteiger partial charge in [-0.15, -0.1) is 0 Å². The number of ether oxygens (including phenoxy) is 1. The van der Waals surface area contributed by atoms with Gasteiger partial charge in [0.1, 0.15) is 0 Å². The first kappa shape index (κ1) is 22.9. The minimum absolute atomic E-state index is 0.320. The second-order valence-electron chi connectivity index (χ2n) is 7.67. The predicted octanol–water partition coefficient (Wildman–Crippen LogP) is 7.81. The SMILES string of the molecule is CCCCCCCCCCCCCCCCCc1cccc(OC)c1O. The monoisotopic (exact) mass is 362 g/mol. The van der Waals surface area contributed by atoms with Crippen molar-refractivity contribution in [3.05, 3.63) is 23.8 Å². The Labute approximate surface area is 162 Å². The summed E-state index contributed by atoms with van der Waals surface area (Å²) in [5.74, 6) is 0.906. The van der Waals surface area contributed by atoms with Gasteiger partial charge < -0.3 is 9.84 Å². The molecule has 0 fully saturated rings. The van der Waals surface area contributed by atoms with Crippen LogP contribution in [-0.4, -0.2) is 12.2 Å². The summed E-state index contributed by atoms with van der Waals surface area (Å²) in [5.41, 5.74) is 1.01. The van der Waals surface area contributed by atoms with Crippen molar-refractivity contribution in [3.63, 3.8) is 0 Å². The Kier molecular flexibility index (Phi) is 14.1. The van der Waals surface area contributed by atoms with E-state index in [0.29, 0.717) is 11.5 Å². The number of hydrogen-bond donors (Lipinski definition) is 1. The largest absolute Gasteiger partial charge is 0.504 e. The number of phenolic OH excluding ortho intramolecular Hbond substituents is 1. The number of unbranched alkanes of at least 4 members (excludes halogenated alkanes) is 14. The van der Waals surface area contributed by atoms with Crippen molar-refractivity contribution in [2.45, 2.75) is 110 Å². The maximum Gasteiger partial charge on any atom is 0.160 e. The molecule has 0 unspecified atom stereocenters. The summed E-state index contributed by atoms with van der Waals surface area (Å²) >= 11 is 0. The van der Waals surface area contributed by atoms with Crippen LogP contribution < -0.4 is 4.74 Å². The lowest BCUT2D eigenvalue weighted by atomic mass is 10.0. The number of rotatable bonds is 17. The average Bonchev–Trinajstić information content (AvgIpc) is 2.66. The Morgan fingerprint density at radius 1 is 0.692 bits per heavy atom. The summed E-state index contributed by atoms with van der Waals surface area (Å²) in [6.45, 7) is 2.28. The Bertz CT molecular complexity index is 442. The van der Waals surface area contributed by atoms with Crippen LogP contribution >= 0.6 is 0 Å². The predicted molar refractivity (Wildman–Crippen MR) is 113 cm³/mol. The van der Waals surface area contributed by atoms with Gasteiger partial charge in [0.25, 0.3) is 0 Å². The molecule has 0 radical (unpaired) electrons. The Morgan fingerprint density at radius 2 is 1.15 bits per heavy atom. The van der Waals surface area contributed by atoms with Gasteiger partial charge in [-0.1, -0.05) is 109 Å². The molecule has 1 aromatic rings. The number of aromatic hydroxyl groups is 1. The summed E-state index contributed by atoms with van der Waals surface area (Å²) in [5, 5.41) is 10.1. The molecule has 2 nitrogen and oxygen atoms in total. The zero-order valence-corrected chi connectivity index (χ0v) is 17.4. The Balaban J connectivity index is 1.87. The van der Waals surface area contributed by atoms with Gasteiger partial charge in [0.05, 0.1) is 7.11 Å². The van der Waals surface area contributed by atoms with Crippen LogP contribution in [0.25, 0.3) is 0 Å². The summed E-state index contributed by atoms with van der Waals surface area (Å²) in [6.07, 6.45) is 21.7. The molecule has 0 aliphatic heterocycles. The van der Waals surface area contributed by atoms with Crippen molar-refractivity contribution in [1.82, 2.24) is 0 Å². The Hall–Kier alpha value is -1.18. The van der Waals surface area contributed by atoms with Crippen LogP contribution in [0, 0.1) is 0 Å². The van der Waals surface area contributed by atoms with Gasteiger partial charge in [-0.2, -0.15) is 0 Å². The summed E-state index contributed by atoms with van der Waals surface area (Å²) in [4.78, 5) is 0. The first-order valence-corrected chi connectivity index (χ1v) is 11.1. The quantitative estimate of drug-likeness (QED) is 0.286. The van der Waals surface area contributed by atoms with Crippen LogP contribution in [0.1, 0.15) is 109 Å². The second kappa shape index (κ2) is 16.0. The highest BCUT2D eigenvalue weighted by Crippen LogP contribution is 2.30. The number of hydrogen-bond acceptors (Lipinski definition) is 2. The number of para-hydroxylation sites is 1. The van der Waals surface area contributed by atoms with E-state index in [0.717, 1.165) is 18.4 Å². The van der Waals surface area contributed by atoms with Crippen LogP contribution in [-0.2, 0) is 6.42 Å². The van der Waals surface area contributed by atoms with Crippen LogP contribution in [0.2, 0.25) is 0 Å². The average molecular weight is 363 g/mol. The molecule has 0 amide bonds. The molecule has 0 saturated heterocycles. The first-order chi connectivity index (χ1) is 12.8. The number of methoxy groups -OCH3 is 1. The molecule has 26 heavy (non-hydrogen) atoms. The minimum atomic E-state index is 0.320. The molecule has 0 aliphatic rings. The fourth-order valence-corrected chi connectivity index (χ4v) is 3.62. The van der Waals surface area contributed by atoms with Gasteiger partial charge >= 0.3 is 0 Å². The normalized spacial score (nSPS) is 11.0. The summed E-state index contributed by atoms with van der Waals surface area (Å²) in [6, 6.07) is 5.77. The Morgan fingerprint density at radius 3 is 1.62 bits per heavy atom.